The monoisotopic (exact) mass is 665 g/mol. The van der Waals surface area contributed by atoms with Gasteiger partial charge in [-0.3, -0.25) is 28.5 Å². The van der Waals surface area contributed by atoms with Gasteiger partial charge < -0.3 is 9.80 Å². The normalized spacial score (nSPS) is 16.0. The first-order valence-electron chi connectivity index (χ1n) is 15.5. The van der Waals surface area contributed by atoms with Gasteiger partial charge in [0.25, 0.3) is 17.0 Å². The van der Waals surface area contributed by atoms with Crippen LogP contribution in [-0.2, 0) is 18.4 Å². The van der Waals surface area contributed by atoms with Crippen LogP contribution >= 0.6 is 24.0 Å². The predicted molar refractivity (Wildman–Crippen MR) is 193 cm³/mol. The topological polar surface area (TPSA) is 99.5 Å². The van der Waals surface area contributed by atoms with E-state index >= 15 is 0 Å². The number of carbonyl (C=O) groups is 1. The van der Waals surface area contributed by atoms with Crippen LogP contribution in [0.5, 0.6) is 0 Å². The molecule has 0 N–H and O–H groups in total. The number of nitrogens with zero attached hydrogens (tertiary/aromatic N) is 7. The minimum Gasteiger partial charge on any atom is -0.368 e. The van der Waals surface area contributed by atoms with Crippen molar-refractivity contribution in [3.05, 3.63) is 109 Å². The molecule has 0 atom stereocenters. The summed E-state index contributed by atoms with van der Waals surface area (Å²) in [6.45, 7) is 8.73. The van der Waals surface area contributed by atoms with Crippen molar-refractivity contribution in [2.75, 3.05) is 40.9 Å². The summed E-state index contributed by atoms with van der Waals surface area (Å²) in [6.07, 6.45) is 2.43. The van der Waals surface area contributed by atoms with Crippen molar-refractivity contribution in [2.24, 2.45) is 7.05 Å². The van der Waals surface area contributed by atoms with Crippen molar-refractivity contribution in [1.82, 2.24) is 13.9 Å². The maximum Gasteiger partial charge on any atom is 0.296 e. The molecule has 4 heterocycles. The molecule has 0 unspecified atom stereocenters. The minimum atomic E-state index is -0.419. The van der Waals surface area contributed by atoms with Crippen molar-refractivity contribution in [2.45, 2.75) is 33.7 Å². The van der Waals surface area contributed by atoms with Gasteiger partial charge in [-0.15, -0.1) is 0 Å². The van der Waals surface area contributed by atoms with Crippen LogP contribution in [0.1, 0.15) is 35.7 Å². The smallest absolute Gasteiger partial charge is 0.296 e. The van der Waals surface area contributed by atoms with E-state index in [4.69, 9.17) is 12.2 Å². The molecular weight excluding hydrogens is 631 g/mol. The maximum atomic E-state index is 14.2. The molecule has 2 aliphatic heterocycles. The Morgan fingerprint density at radius 1 is 0.894 bits per heavy atom. The van der Waals surface area contributed by atoms with Gasteiger partial charge in [0.1, 0.15) is 23.1 Å². The van der Waals surface area contributed by atoms with Gasteiger partial charge in [-0.2, -0.15) is 5.26 Å². The van der Waals surface area contributed by atoms with Crippen molar-refractivity contribution in [1.29, 1.82) is 5.26 Å². The van der Waals surface area contributed by atoms with E-state index in [0.717, 1.165) is 30.5 Å². The van der Waals surface area contributed by atoms with E-state index in [2.05, 4.69) is 28.0 Å². The molecule has 2 fully saturated rings. The molecule has 0 saturated carbocycles. The molecule has 0 aliphatic carbocycles. The number of hydrogen-bond acceptors (Lipinski definition) is 8. The summed E-state index contributed by atoms with van der Waals surface area (Å²) in [5.41, 5.74) is 3.11. The lowest BCUT2D eigenvalue weighted by molar-refractivity contribution is -0.113. The summed E-state index contributed by atoms with van der Waals surface area (Å²) >= 11 is 6.83. The zero-order valence-corrected chi connectivity index (χ0v) is 28.4. The van der Waals surface area contributed by atoms with Crippen molar-refractivity contribution < 1.29 is 4.79 Å². The lowest BCUT2D eigenvalue weighted by atomic mass is 10.0. The first-order valence-corrected chi connectivity index (χ1v) is 16.7. The molecule has 4 aromatic rings. The molecule has 240 valence electrons. The Labute approximate surface area is 282 Å². The van der Waals surface area contributed by atoms with E-state index in [1.165, 1.54) is 9.58 Å². The second kappa shape index (κ2) is 13.1. The van der Waals surface area contributed by atoms with Crippen LogP contribution in [0.3, 0.4) is 0 Å². The van der Waals surface area contributed by atoms with E-state index in [1.807, 2.05) is 55.5 Å². The van der Waals surface area contributed by atoms with Gasteiger partial charge in [0, 0.05) is 51.0 Å². The molecule has 47 heavy (non-hydrogen) atoms. The Bertz CT molecular complexity index is 2070. The Balaban J connectivity index is 1.44. The molecule has 12 heteroatoms. The number of benzene rings is 2. The van der Waals surface area contributed by atoms with Crippen LogP contribution in [0.15, 0.2) is 75.2 Å². The van der Waals surface area contributed by atoms with Gasteiger partial charge in [0.2, 0.25) is 0 Å². The number of rotatable bonds is 7. The van der Waals surface area contributed by atoms with Gasteiger partial charge in [-0.05, 0) is 56.2 Å². The number of thioether (sulfide) groups is 1. The summed E-state index contributed by atoms with van der Waals surface area (Å²) in [6, 6.07) is 21.6. The van der Waals surface area contributed by atoms with Gasteiger partial charge in [-0.1, -0.05) is 67.3 Å². The summed E-state index contributed by atoms with van der Waals surface area (Å²) < 4.78 is 5.15. The molecule has 0 bridgehead atoms. The number of thiocarbonyl (C=S) groups is 1. The number of carbonyl (C=O) groups excluding carboxylic acids is 1. The fourth-order valence-corrected chi connectivity index (χ4v) is 7.59. The SMILES string of the molecule is CCCn1c(N2CCN(c3ccccc3)CC2)c(/C=C2/SC(=S)N(c3c(C)n(C)n(-c4ccccc4)c3=O)C2=O)c(C)c(C#N)c1=O. The summed E-state index contributed by atoms with van der Waals surface area (Å²) in [5.74, 6) is 0.269. The number of pyridine rings is 1. The largest absolute Gasteiger partial charge is 0.368 e. The fourth-order valence-electron chi connectivity index (χ4n) is 6.33. The molecule has 2 saturated heterocycles. The number of hydrogen-bond donors (Lipinski definition) is 0. The van der Waals surface area contributed by atoms with E-state index in [9.17, 15) is 19.6 Å². The van der Waals surface area contributed by atoms with Gasteiger partial charge in [-0.25, -0.2) is 4.68 Å². The first kappa shape index (κ1) is 32.1. The quantitative estimate of drug-likeness (QED) is 0.202. The second-order valence-electron chi connectivity index (χ2n) is 11.5. The highest BCUT2D eigenvalue weighted by molar-refractivity contribution is 8.27. The number of amides is 1. The van der Waals surface area contributed by atoms with Crippen LogP contribution in [0.4, 0.5) is 17.2 Å². The highest BCUT2D eigenvalue weighted by Gasteiger charge is 2.38. The molecule has 10 nitrogen and oxygen atoms in total. The standard InChI is InChI=1S/C35H35N7O3S2/c1-5-16-40-31(39-19-17-38(18-20-39)25-12-8-6-9-13-25)27(23(2)28(22-36)32(40)43)21-29-33(44)41(35(46)47-29)30-24(3)37(4)42(34(30)45)26-14-10-7-11-15-26/h6-15,21H,5,16-20H2,1-4H3/b29-21+. The third-order valence-corrected chi connectivity index (χ3v) is 10.1. The van der Waals surface area contributed by atoms with E-state index < -0.39 is 5.91 Å². The molecular formula is C35H35N7O3S2. The summed E-state index contributed by atoms with van der Waals surface area (Å²) in [5, 5.41) is 10.1. The van der Waals surface area contributed by atoms with Crippen LogP contribution < -0.4 is 25.8 Å². The van der Waals surface area contributed by atoms with Crippen molar-refractivity contribution >= 4 is 57.5 Å². The second-order valence-corrected chi connectivity index (χ2v) is 13.2. The molecule has 2 aromatic carbocycles. The van der Waals surface area contributed by atoms with E-state index in [1.54, 1.807) is 36.2 Å². The number of aromatic nitrogens is 3. The number of piperazine rings is 1. The zero-order chi connectivity index (χ0) is 33.4. The first-order chi connectivity index (χ1) is 22.7. The van der Waals surface area contributed by atoms with Gasteiger partial charge in [0.15, 0.2) is 4.32 Å². The van der Waals surface area contributed by atoms with Crippen molar-refractivity contribution in [3.8, 4) is 11.8 Å². The molecule has 0 spiro atoms. The van der Waals surface area contributed by atoms with E-state index in [0.29, 0.717) is 59.3 Å². The third-order valence-electron chi connectivity index (χ3n) is 8.81. The molecule has 6 rings (SSSR count). The fraction of sp³-hybridized carbons (Fsp3) is 0.286. The Morgan fingerprint density at radius 2 is 1.49 bits per heavy atom. The van der Waals surface area contributed by atoms with Crippen LogP contribution in [0.2, 0.25) is 0 Å². The Hall–Kier alpha value is -4.86. The van der Waals surface area contributed by atoms with Crippen LogP contribution in [-0.4, -0.2) is 50.3 Å². The highest BCUT2D eigenvalue weighted by atomic mass is 32.2. The maximum absolute atomic E-state index is 14.2. The highest BCUT2D eigenvalue weighted by Crippen LogP contribution is 2.39. The number of nitriles is 1. The average molecular weight is 666 g/mol. The lowest BCUT2D eigenvalue weighted by Gasteiger charge is -2.39. The minimum absolute atomic E-state index is 0.0523. The predicted octanol–water partition coefficient (Wildman–Crippen LogP) is 4.97. The summed E-state index contributed by atoms with van der Waals surface area (Å²) in [7, 11) is 1.77. The Morgan fingerprint density at radius 3 is 2.09 bits per heavy atom. The zero-order valence-electron chi connectivity index (χ0n) is 26.8. The third kappa shape index (κ3) is 5.59. The van der Waals surface area contributed by atoms with Gasteiger partial charge in [0.05, 0.1) is 16.3 Å². The Kier molecular flexibility index (Phi) is 8.94. The summed E-state index contributed by atoms with van der Waals surface area (Å²) in [4.78, 5) is 47.8. The van der Waals surface area contributed by atoms with Crippen LogP contribution in [0.25, 0.3) is 11.8 Å². The van der Waals surface area contributed by atoms with Crippen LogP contribution in [0, 0.1) is 25.2 Å². The molecule has 1 amide bonds. The van der Waals surface area contributed by atoms with E-state index in [-0.39, 0.29) is 26.7 Å². The average Bonchev–Trinajstić information content (AvgIpc) is 3.48. The number of anilines is 3. The van der Waals surface area contributed by atoms with Gasteiger partial charge >= 0.3 is 0 Å². The lowest BCUT2D eigenvalue weighted by Crippen LogP contribution is -2.48. The molecule has 0 radical (unpaired) electrons. The molecule has 2 aliphatic rings. The number of para-hydroxylation sites is 2. The van der Waals surface area contributed by atoms with Crippen molar-refractivity contribution in [3.63, 3.8) is 0 Å². The molecule has 2 aromatic heterocycles.